The first-order valence-corrected chi connectivity index (χ1v) is 11.7. The molecule has 6 heteroatoms. The van der Waals surface area contributed by atoms with Gasteiger partial charge in [-0.05, 0) is 44.0 Å². The summed E-state index contributed by atoms with van der Waals surface area (Å²) in [6.45, 7) is 18.5. The normalized spacial score (nSPS) is 22.0. The van der Waals surface area contributed by atoms with Crippen molar-refractivity contribution >= 4 is 20.2 Å². The van der Waals surface area contributed by atoms with Crippen molar-refractivity contribution in [2.24, 2.45) is 0 Å². The number of ketones is 1. The number of hydrogen-bond donors (Lipinski definition) is 0. The second kappa shape index (κ2) is 8.32. The molecule has 0 spiro atoms. The molecule has 1 amide bonds. The molecule has 0 saturated carbocycles. The van der Waals surface area contributed by atoms with Crippen LogP contribution in [0.3, 0.4) is 0 Å². The molecule has 1 aliphatic rings. The van der Waals surface area contributed by atoms with Crippen LogP contribution in [-0.4, -0.2) is 50.4 Å². The van der Waals surface area contributed by atoms with Gasteiger partial charge in [0.1, 0.15) is 6.61 Å². The standard InChI is InChI=1S/C19H33NO4Si/c1-9-10-23-18(22)20-13-17(24-25(7,8)19(4,5)6)12-16(20)11-14(2)15(3)21/h9,11,16-17H,1,10,12-13H2,2-8H3/t16-,17-/m1/s1. The van der Waals surface area contributed by atoms with Gasteiger partial charge in [-0.3, -0.25) is 9.69 Å². The quantitative estimate of drug-likeness (QED) is 0.399. The van der Waals surface area contributed by atoms with Gasteiger partial charge >= 0.3 is 6.09 Å². The number of allylic oxidation sites excluding steroid dienone is 1. The number of ether oxygens (including phenoxy) is 1. The van der Waals surface area contributed by atoms with E-state index in [4.69, 9.17) is 9.16 Å². The summed E-state index contributed by atoms with van der Waals surface area (Å²) in [6, 6.07) is -0.184. The number of rotatable bonds is 6. The van der Waals surface area contributed by atoms with Crippen LogP contribution < -0.4 is 0 Å². The first-order valence-electron chi connectivity index (χ1n) is 8.80. The van der Waals surface area contributed by atoms with Gasteiger partial charge in [0.2, 0.25) is 0 Å². The van der Waals surface area contributed by atoms with Gasteiger partial charge in [-0.1, -0.05) is 39.5 Å². The Morgan fingerprint density at radius 1 is 1.28 bits per heavy atom. The fraction of sp³-hybridized carbons (Fsp3) is 0.684. The largest absolute Gasteiger partial charge is 0.445 e. The number of amides is 1. The second-order valence-electron chi connectivity index (χ2n) is 8.23. The zero-order valence-electron chi connectivity index (χ0n) is 16.7. The Hall–Kier alpha value is -1.40. The fourth-order valence-corrected chi connectivity index (χ4v) is 3.85. The molecule has 5 nitrogen and oxygen atoms in total. The van der Waals surface area contributed by atoms with E-state index in [0.29, 0.717) is 18.5 Å². The molecule has 0 radical (unpaired) electrons. The van der Waals surface area contributed by atoms with Gasteiger partial charge in [0.25, 0.3) is 0 Å². The van der Waals surface area contributed by atoms with E-state index in [1.165, 1.54) is 6.92 Å². The molecule has 1 saturated heterocycles. The van der Waals surface area contributed by atoms with Gasteiger partial charge in [0.15, 0.2) is 14.1 Å². The molecule has 1 aliphatic heterocycles. The first kappa shape index (κ1) is 21.6. The minimum atomic E-state index is -1.93. The molecule has 142 valence electrons. The van der Waals surface area contributed by atoms with Crippen LogP contribution in [0.1, 0.15) is 41.0 Å². The van der Waals surface area contributed by atoms with Gasteiger partial charge < -0.3 is 9.16 Å². The van der Waals surface area contributed by atoms with E-state index in [-0.39, 0.29) is 35.7 Å². The lowest BCUT2D eigenvalue weighted by Gasteiger charge is -2.38. The Morgan fingerprint density at radius 3 is 2.36 bits per heavy atom. The molecule has 1 fully saturated rings. The molecule has 2 atom stereocenters. The molecular weight excluding hydrogens is 334 g/mol. The lowest BCUT2D eigenvalue weighted by Crippen LogP contribution is -2.44. The fourth-order valence-electron chi connectivity index (χ4n) is 2.49. The Balaban J connectivity index is 2.97. The highest BCUT2D eigenvalue weighted by molar-refractivity contribution is 6.74. The summed E-state index contributed by atoms with van der Waals surface area (Å²) in [5.74, 6) is 0.00757. The SMILES string of the molecule is C=CCOC(=O)N1C[C@H](O[Si](C)(C)C(C)(C)C)C[C@H]1C=C(C)C(C)=O. The van der Waals surface area contributed by atoms with Crippen LogP contribution in [0.4, 0.5) is 4.79 Å². The average molecular weight is 368 g/mol. The molecule has 0 unspecified atom stereocenters. The van der Waals surface area contributed by atoms with Crippen LogP contribution in [0.15, 0.2) is 24.3 Å². The highest BCUT2D eigenvalue weighted by Gasteiger charge is 2.43. The van der Waals surface area contributed by atoms with Crippen LogP contribution in [0, 0.1) is 0 Å². The van der Waals surface area contributed by atoms with E-state index in [1.807, 2.05) is 6.08 Å². The zero-order chi connectivity index (χ0) is 19.4. The van der Waals surface area contributed by atoms with Crippen LogP contribution in [-0.2, 0) is 14.0 Å². The van der Waals surface area contributed by atoms with Gasteiger partial charge in [-0.15, -0.1) is 0 Å². The van der Waals surface area contributed by atoms with Gasteiger partial charge in [0.05, 0.1) is 12.1 Å². The van der Waals surface area contributed by atoms with Gasteiger partial charge in [-0.2, -0.15) is 0 Å². The van der Waals surface area contributed by atoms with Crippen molar-refractivity contribution in [1.82, 2.24) is 4.90 Å². The third-order valence-corrected chi connectivity index (χ3v) is 9.66. The zero-order valence-corrected chi connectivity index (χ0v) is 17.7. The molecule has 1 heterocycles. The Bertz CT molecular complexity index is 548. The van der Waals surface area contributed by atoms with Crippen molar-refractivity contribution in [2.75, 3.05) is 13.2 Å². The number of carbonyl (C=O) groups is 2. The summed E-state index contributed by atoms with van der Waals surface area (Å²) in [7, 11) is -1.93. The number of hydrogen-bond acceptors (Lipinski definition) is 4. The molecule has 1 rings (SSSR count). The predicted octanol–water partition coefficient (Wildman–Crippen LogP) is 4.31. The lowest BCUT2D eigenvalue weighted by molar-refractivity contribution is -0.113. The number of nitrogens with zero attached hydrogens (tertiary/aromatic N) is 1. The van der Waals surface area contributed by atoms with Crippen molar-refractivity contribution in [3.63, 3.8) is 0 Å². The van der Waals surface area contributed by atoms with Gasteiger partial charge in [-0.25, -0.2) is 4.79 Å². The summed E-state index contributed by atoms with van der Waals surface area (Å²) in [5, 5.41) is 0.102. The minimum Gasteiger partial charge on any atom is -0.445 e. The van der Waals surface area contributed by atoms with E-state index in [1.54, 1.807) is 17.9 Å². The van der Waals surface area contributed by atoms with Crippen LogP contribution >= 0.6 is 0 Å². The second-order valence-corrected chi connectivity index (χ2v) is 13.0. The Kier molecular flexibility index (Phi) is 7.20. The molecule has 0 aromatic rings. The average Bonchev–Trinajstić information content (AvgIpc) is 2.85. The summed E-state index contributed by atoms with van der Waals surface area (Å²) in [5.41, 5.74) is 0.652. The predicted molar refractivity (Wildman–Crippen MR) is 103 cm³/mol. The molecule has 0 aromatic carbocycles. The van der Waals surface area contributed by atoms with Crippen LogP contribution in [0.5, 0.6) is 0 Å². The Morgan fingerprint density at radius 2 is 1.88 bits per heavy atom. The molecular formula is C19H33NO4Si. The van der Waals surface area contributed by atoms with Crippen LogP contribution in [0.25, 0.3) is 0 Å². The van der Waals surface area contributed by atoms with Crippen molar-refractivity contribution < 1.29 is 18.8 Å². The van der Waals surface area contributed by atoms with E-state index in [9.17, 15) is 9.59 Å². The highest BCUT2D eigenvalue weighted by Crippen LogP contribution is 2.39. The number of carbonyl (C=O) groups excluding carboxylic acids is 2. The van der Waals surface area contributed by atoms with Crippen molar-refractivity contribution in [1.29, 1.82) is 0 Å². The van der Waals surface area contributed by atoms with Crippen molar-refractivity contribution in [3.8, 4) is 0 Å². The van der Waals surface area contributed by atoms with Crippen LogP contribution in [0.2, 0.25) is 18.1 Å². The summed E-state index contributed by atoms with van der Waals surface area (Å²) >= 11 is 0. The molecule has 0 bridgehead atoms. The van der Waals surface area contributed by atoms with Crippen molar-refractivity contribution in [2.45, 2.75) is 71.3 Å². The summed E-state index contributed by atoms with van der Waals surface area (Å²) < 4.78 is 11.7. The molecule has 25 heavy (non-hydrogen) atoms. The monoisotopic (exact) mass is 367 g/mol. The van der Waals surface area contributed by atoms with Gasteiger partial charge in [0, 0.05) is 6.54 Å². The van der Waals surface area contributed by atoms with E-state index < -0.39 is 8.32 Å². The smallest absolute Gasteiger partial charge is 0.410 e. The van der Waals surface area contributed by atoms with E-state index in [2.05, 4.69) is 40.4 Å². The maximum Gasteiger partial charge on any atom is 0.410 e. The third-order valence-electron chi connectivity index (χ3n) is 5.13. The third kappa shape index (κ3) is 5.82. The van der Waals surface area contributed by atoms with E-state index >= 15 is 0 Å². The highest BCUT2D eigenvalue weighted by atomic mass is 28.4. The van der Waals surface area contributed by atoms with E-state index in [0.717, 1.165) is 0 Å². The maximum absolute atomic E-state index is 12.4. The molecule has 0 aliphatic carbocycles. The minimum absolute atomic E-state index is 0.00757. The maximum atomic E-state index is 12.4. The molecule has 0 N–H and O–H groups in total. The van der Waals surface area contributed by atoms with Crippen molar-refractivity contribution in [3.05, 3.63) is 24.3 Å². The Labute approximate surface area is 153 Å². The number of likely N-dealkylation sites (tertiary alicyclic amines) is 1. The topological polar surface area (TPSA) is 55.8 Å². The first-order chi connectivity index (χ1) is 11.4. The number of Topliss-reactive ketones (excluding diaryl/α,β-unsaturated/α-hetero) is 1. The lowest BCUT2D eigenvalue weighted by atomic mass is 10.1. The summed E-state index contributed by atoms with van der Waals surface area (Å²) in [4.78, 5) is 25.6. The summed E-state index contributed by atoms with van der Waals surface area (Å²) in [6.07, 6.45) is 3.65. The molecule has 0 aromatic heterocycles.